The molecule has 8 heteroatoms. The van der Waals surface area contributed by atoms with E-state index in [0.717, 1.165) is 17.5 Å². The van der Waals surface area contributed by atoms with Crippen LogP contribution in [0.1, 0.15) is 59.1 Å². The van der Waals surface area contributed by atoms with Gasteiger partial charge in [0.15, 0.2) is 16.9 Å². The van der Waals surface area contributed by atoms with Crippen LogP contribution in [0, 0.1) is 12.8 Å². The fourth-order valence-electron chi connectivity index (χ4n) is 4.72. The number of aromatic nitrogens is 1. The summed E-state index contributed by atoms with van der Waals surface area (Å²) in [6.07, 6.45) is 4.28. The molecule has 0 aliphatic carbocycles. The van der Waals surface area contributed by atoms with Crippen molar-refractivity contribution >= 4 is 28.5 Å². The first-order valence-electron chi connectivity index (χ1n) is 12.6. The zero-order chi connectivity index (χ0) is 27.0. The van der Waals surface area contributed by atoms with Gasteiger partial charge in [-0.05, 0) is 66.3 Å². The number of ether oxygens (including phenoxy) is 2. The molecular weight excluding hydrogens is 504 g/mol. The molecule has 0 N–H and O–H groups in total. The minimum absolute atomic E-state index is 0.0364. The molecule has 1 aliphatic heterocycles. The molecule has 0 saturated carbocycles. The fraction of sp³-hybridized carbons (Fsp3) is 0.300. The SMILES string of the molecule is COc1cc(C2c3c(oc4cc(C)c(Cl)cc4c3=O)C(=O)N2Cc2cccnc2)ccc1OCCC(C)C. The van der Waals surface area contributed by atoms with Gasteiger partial charge in [-0.3, -0.25) is 14.6 Å². The molecule has 7 nitrogen and oxygen atoms in total. The van der Waals surface area contributed by atoms with Gasteiger partial charge in [-0.2, -0.15) is 0 Å². The summed E-state index contributed by atoms with van der Waals surface area (Å²) in [5.41, 5.74) is 2.62. The number of fused-ring (bicyclic) bond motifs is 2. The van der Waals surface area contributed by atoms with Crippen molar-refractivity contribution in [1.82, 2.24) is 9.88 Å². The zero-order valence-corrected chi connectivity index (χ0v) is 22.5. The van der Waals surface area contributed by atoms with E-state index in [0.29, 0.717) is 45.6 Å². The van der Waals surface area contributed by atoms with Crippen molar-refractivity contribution in [1.29, 1.82) is 0 Å². The number of halogens is 1. The number of hydrogen-bond acceptors (Lipinski definition) is 6. The summed E-state index contributed by atoms with van der Waals surface area (Å²) in [5.74, 6) is 1.31. The molecule has 2 aromatic heterocycles. The van der Waals surface area contributed by atoms with Crippen LogP contribution >= 0.6 is 11.6 Å². The lowest BCUT2D eigenvalue weighted by Crippen LogP contribution is -2.29. The van der Waals surface area contributed by atoms with E-state index < -0.39 is 6.04 Å². The van der Waals surface area contributed by atoms with Gasteiger partial charge in [-0.15, -0.1) is 0 Å². The third-order valence-electron chi connectivity index (χ3n) is 6.78. The second kappa shape index (κ2) is 10.5. The Morgan fingerprint density at radius 3 is 2.66 bits per heavy atom. The van der Waals surface area contributed by atoms with Gasteiger partial charge in [0, 0.05) is 24.0 Å². The van der Waals surface area contributed by atoms with E-state index in [2.05, 4.69) is 18.8 Å². The number of pyridine rings is 1. The Kier molecular flexibility index (Phi) is 7.13. The number of benzene rings is 2. The Morgan fingerprint density at radius 2 is 1.95 bits per heavy atom. The summed E-state index contributed by atoms with van der Waals surface area (Å²) in [5, 5.41) is 0.795. The molecule has 0 saturated heterocycles. The van der Waals surface area contributed by atoms with Crippen molar-refractivity contribution in [3.63, 3.8) is 0 Å². The molecule has 0 spiro atoms. The number of nitrogens with zero attached hydrogens (tertiary/aromatic N) is 2. The average Bonchev–Trinajstić information content (AvgIpc) is 3.17. The molecule has 0 bridgehead atoms. The van der Waals surface area contributed by atoms with Crippen molar-refractivity contribution in [2.75, 3.05) is 13.7 Å². The van der Waals surface area contributed by atoms with E-state index in [1.54, 1.807) is 36.5 Å². The molecule has 1 amide bonds. The Morgan fingerprint density at radius 1 is 1.13 bits per heavy atom. The van der Waals surface area contributed by atoms with Crippen LogP contribution in [0.2, 0.25) is 5.02 Å². The summed E-state index contributed by atoms with van der Waals surface area (Å²) < 4.78 is 17.7. The number of carbonyl (C=O) groups excluding carboxylic acids is 1. The largest absolute Gasteiger partial charge is 0.493 e. The molecule has 3 heterocycles. The van der Waals surface area contributed by atoms with Gasteiger partial charge in [0.05, 0.1) is 30.7 Å². The third kappa shape index (κ3) is 4.74. The Bertz CT molecular complexity index is 1560. The van der Waals surface area contributed by atoms with Crippen LogP contribution in [0.4, 0.5) is 0 Å². The quantitative estimate of drug-likeness (QED) is 0.264. The standard InChI is InChI=1S/C30H29ClN2O5/c1-17(2)9-11-37-23-8-7-20(13-25(23)36-4)27-26-28(34)21-14-22(31)18(3)12-24(21)38-29(26)30(35)33(27)16-19-6-5-10-32-15-19/h5-8,10,12-15,17,27H,9,11,16H2,1-4H3. The maximum absolute atomic E-state index is 13.9. The van der Waals surface area contributed by atoms with Crippen molar-refractivity contribution in [3.8, 4) is 11.5 Å². The predicted octanol–water partition coefficient (Wildman–Crippen LogP) is 6.33. The molecular formula is C30H29ClN2O5. The van der Waals surface area contributed by atoms with Gasteiger partial charge in [0.25, 0.3) is 5.91 Å². The van der Waals surface area contributed by atoms with E-state index in [-0.39, 0.29) is 29.2 Å². The summed E-state index contributed by atoms with van der Waals surface area (Å²) >= 11 is 6.35. The van der Waals surface area contributed by atoms with Gasteiger partial charge in [0.2, 0.25) is 5.76 Å². The molecule has 0 radical (unpaired) electrons. The molecule has 1 unspecified atom stereocenters. The smallest absolute Gasteiger partial charge is 0.291 e. The van der Waals surface area contributed by atoms with E-state index in [4.69, 9.17) is 25.5 Å². The first kappa shape index (κ1) is 25.8. The van der Waals surface area contributed by atoms with Crippen molar-refractivity contribution < 1.29 is 18.7 Å². The van der Waals surface area contributed by atoms with Crippen LogP contribution < -0.4 is 14.9 Å². The monoisotopic (exact) mass is 532 g/mol. The first-order chi connectivity index (χ1) is 18.3. The topological polar surface area (TPSA) is 81.9 Å². The number of amides is 1. The van der Waals surface area contributed by atoms with Crippen LogP contribution in [0.15, 0.2) is 64.1 Å². The van der Waals surface area contributed by atoms with Crippen molar-refractivity contribution in [2.24, 2.45) is 5.92 Å². The number of aryl methyl sites for hydroxylation is 1. The first-order valence-corrected chi connectivity index (χ1v) is 12.9. The van der Waals surface area contributed by atoms with Crippen molar-refractivity contribution in [3.05, 3.63) is 98.1 Å². The van der Waals surface area contributed by atoms with Gasteiger partial charge in [0.1, 0.15) is 5.58 Å². The lowest BCUT2D eigenvalue weighted by Gasteiger charge is -2.26. The lowest BCUT2D eigenvalue weighted by atomic mass is 9.97. The highest BCUT2D eigenvalue weighted by molar-refractivity contribution is 6.32. The molecule has 38 heavy (non-hydrogen) atoms. The van der Waals surface area contributed by atoms with E-state index >= 15 is 0 Å². The van der Waals surface area contributed by atoms with Crippen LogP contribution in [0.3, 0.4) is 0 Å². The lowest BCUT2D eigenvalue weighted by molar-refractivity contribution is 0.0714. The van der Waals surface area contributed by atoms with Crippen LogP contribution in [-0.4, -0.2) is 29.5 Å². The van der Waals surface area contributed by atoms with Crippen LogP contribution in [-0.2, 0) is 6.54 Å². The van der Waals surface area contributed by atoms with Crippen molar-refractivity contribution in [2.45, 2.75) is 39.8 Å². The van der Waals surface area contributed by atoms with Gasteiger partial charge in [-0.25, -0.2) is 0 Å². The second-order valence-electron chi connectivity index (χ2n) is 9.91. The summed E-state index contributed by atoms with van der Waals surface area (Å²) in [7, 11) is 1.57. The molecule has 196 valence electrons. The Hall–Kier alpha value is -3.84. The highest BCUT2D eigenvalue weighted by Gasteiger charge is 2.43. The number of rotatable bonds is 8. The average molecular weight is 533 g/mol. The Balaban J connectivity index is 1.65. The van der Waals surface area contributed by atoms with Crippen LogP contribution in [0.5, 0.6) is 11.5 Å². The van der Waals surface area contributed by atoms with E-state index in [1.807, 2.05) is 37.3 Å². The summed E-state index contributed by atoms with van der Waals surface area (Å²) in [6.45, 7) is 6.90. The van der Waals surface area contributed by atoms with Gasteiger partial charge >= 0.3 is 0 Å². The summed E-state index contributed by atoms with van der Waals surface area (Å²) in [6, 6.07) is 11.8. The predicted molar refractivity (Wildman–Crippen MR) is 146 cm³/mol. The Labute approximate surface area is 226 Å². The molecule has 4 aromatic rings. The maximum atomic E-state index is 13.9. The van der Waals surface area contributed by atoms with Crippen LogP contribution in [0.25, 0.3) is 11.0 Å². The minimum atomic E-state index is -0.697. The molecule has 2 aromatic carbocycles. The molecule has 1 aliphatic rings. The van der Waals surface area contributed by atoms with Gasteiger partial charge in [-0.1, -0.05) is 37.6 Å². The number of methoxy groups -OCH3 is 1. The highest BCUT2D eigenvalue weighted by atomic mass is 35.5. The molecule has 0 fully saturated rings. The molecule has 1 atom stereocenters. The second-order valence-corrected chi connectivity index (χ2v) is 10.3. The maximum Gasteiger partial charge on any atom is 0.291 e. The van der Waals surface area contributed by atoms with E-state index in [9.17, 15) is 9.59 Å². The van der Waals surface area contributed by atoms with E-state index in [1.165, 1.54) is 0 Å². The number of hydrogen-bond donors (Lipinski definition) is 0. The minimum Gasteiger partial charge on any atom is -0.493 e. The van der Waals surface area contributed by atoms with Gasteiger partial charge < -0.3 is 18.8 Å². The fourth-order valence-corrected chi connectivity index (χ4v) is 4.88. The summed E-state index contributed by atoms with van der Waals surface area (Å²) in [4.78, 5) is 33.4. The normalized spacial score (nSPS) is 14.8. The highest BCUT2D eigenvalue weighted by Crippen LogP contribution is 2.42. The zero-order valence-electron chi connectivity index (χ0n) is 21.8. The molecule has 5 rings (SSSR count). The number of carbonyl (C=O) groups is 1. The third-order valence-corrected chi connectivity index (χ3v) is 7.19.